The van der Waals surface area contributed by atoms with E-state index in [1.54, 1.807) is 6.20 Å². The molecule has 0 spiro atoms. The largest absolute Gasteiger partial charge is 0.468 e. The number of carbonyl (C=O) groups excluding carboxylic acids is 1. The van der Waals surface area contributed by atoms with Gasteiger partial charge in [-0.2, -0.15) is 5.10 Å². The first-order valence-electron chi connectivity index (χ1n) is 5.38. The molecule has 1 heterocycles. The van der Waals surface area contributed by atoms with Gasteiger partial charge in [-0.3, -0.25) is 9.89 Å². The van der Waals surface area contributed by atoms with E-state index in [4.69, 9.17) is 5.73 Å². The van der Waals surface area contributed by atoms with Crippen LogP contribution >= 0.6 is 24.8 Å². The van der Waals surface area contributed by atoms with Crippen LogP contribution in [0.4, 0.5) is 0 Å². The fourth-order valence-electron chi connectivity index (χ4n) is 1.92. The predicted octanol–water partition coefficient (Wildman–Crippen LogP) is 1.76. The second kappa shape index (κ2) is 7.33. The molecule has 1 aromatic carbocycles. The van der Waals surface area contributed by atoms with E-state index >= 15 is 0 Å². The van der Waals surface area contributed by atoms with Crippen molar-refractivity contribution in [3.05, 3.63) is 29.5 Å². The van der Waals surface area contributed by atoms with Gasteiger partial charge in [0, 0.05) is 5.39 Å². The van der Waals surface area contributed by atoms with E-state index in [1.807, 2.05) is 19.1 Å². The molecule has 1 aromatic heterocycles. The van der Waals surface area contributed by atoms with Gasteiger partial charge in [-0.25, -0.2) is 0 Å². The maximum atomic E-state index is 11.2. The quantitative estimate of drug-likeness (QED) is 0.847. The summed E-state index contributed by atoms with van der Waals surface area (Å²) in [6, 6.07) is 3.36. The van der Waals surface area contributed by atoms with Crippen molar-refractivity contribution in [2.45, 2.75) is 19.4 Å². The fourth-order valence-corrected chi connectivity index (χ4v) is 1.92. The third kappa shape index (κ3) is 3.83. The average molecular weight is 306 g/mol. The average Bonchev–Trinajstić information content (AvgIpc) is 2.76. The van der Waals surface area contributed by atoms with Crippen LogP contribution in [0, 0.1) is 6.92 Å². The Hall–Kier alpha value is -1.30. The number of aryl methyl sites for hydroxylation is 1. The van der Waals surface area contributed by atoms with Crippen LogP contribution in [0.3, 0.4) is 0 Å². The molecule has 0 saturated carbocycles. The van der Waals surface area contributed by atoms with Crippen molar-refractivity contribution >= 4 is 41.7 Å². The number of aromatic amines is 1. The first-order chi connectivity index (χ1) is 8.11. The van der Waals surface area contributed by atoms with Crippen molar-refractivity contribution in [3.63, 3.8) is 0 Å². The smallest absolute Gasteiger partial charge is 0.322 e. The number of H-pyrrole nitrogens is 1. The Balaban J connectivity index is 0.00000162. The molecular formula is C12H17Cl2N3O2. The summed E-state index contributed by atoms with van der Waals surface area (Å²) >= 11 is 0. The number of nitrogens with two attached hydrogens (primary N) is 1. The number of carbonyl (C=O) groups is 1. The molecule has 19 heavy (non-hydrogen) atoms. The number of halogens is 2. The lowest BCUT2D eigenvalue weighted by Crippen LogP contribution is -2.33. The van der Waals surface area contributed by atoms with Crippen LogP contribution in [0.2, 0.25) is 0 Å². The third-order valence-electron chi connectivity index (χ3n) is 2.77. The maximum absolute atomic E-state index is 11.2. The van der Waals surface area contributed by atoms with Crippen LogP contribution in [0.5, 0.6) is 0 Å². The van der Waals surface area contributed by atoms with Gasteiger partial charge in [0.25, 0.3) is 0 Å². The predicted molar refractivity (Wildman–Crippen MR) is 79.0 cm³/mol. The van der Waals surface area contributed by atoms with Gasteiger partial charge in [0.05, 0.1) is 18.8 Å². The summed E-state index contributed by atoms with van der Waals surface area (Å²) in [5.41, 5.74) is 8.84. The third-order valence-corrected chi connectivity index (χ3v) is 2.77. The van der Waals surface area contributed by atoms with Crippen molar-refractivity contribution in [3.8, 4) is 0 Å². The van der Waals surface area contributed by atoms with E-state index in [9.17, 15) is 4.79 Å². The van der Waals surface area contributed by atoms with E-state index in [2.05, 4.69) is 14.9 Å². The summed E-state index contributed by atoms with van der Waals surface area (Å²) in [6.45, 7) is 1.99. The molecule has 0 aliphatic carbocycles. The fraction of sp³-hybridized carbons (Fsp3) is 0.333. The Labute approximate surface area is 123 Å². The molecule has 1 atom stereocenters. The van der Waals surface area contributed by atoms with E-state index in [-0.39, 0.29) is 24.8 Å². The van der Waals surface area contributed by atoms with Crippen molar-refractivity contribution < 1.29 is 9.53 Å². The molecule has 3 N–H and O–H groups in total. The van der Waals surface area contributed by atoms with Crippen LogP contribution < -0.4 is 5.73 Å². The van der Waals surface area contributed by atoms with Gasteiger partial charge >= 0.3 is 5.97 Å². The van der Waals surface area contributed by atoms with Crippen molar-refractivity contribution in [2.24, 2.45) is 5.73 Å². The zero-order valence-electron chi connectivity index (χ0n) is 10.7. The SMILES string of the molecule is COC(=O)[C@@H](N)Cc1cc(C)c2[nH]ncc2c1.Cl.Cl. The molecule has 0 saturated heterocycles. The normalized spacial score (nSPS) is 11.3. The van der Waals surface area contributed by atoms with E-state index in [1.165, 1.54) is 7.11 Å². The second-order valence-corrected chi connectivity index (χ2v) is 4.08. The maximum Gasteiger partial charge on any atom is 0.322 e. The van der Waals surface area contributed by atoms with Crippen LogP contribution in [-0.4, -0.2) is 29.3 Å². The first-order valence-corrected chi connectivity index (χ1v) is 5.38. The molecule has 0 amide bonds. The number of hydrogen-bond acceptors (Lipinski definition) is 4. The van der Waals surface area contributed by atoms with Crippen molar-refractivity contribution in [1.82, 2.24) is 10.2 Å². The Morgan fingerprint density at radius 3 is 2.79 bits per heavy atom. The van der Waals surface area contributed by atoms with E-state index < -0.39 is 12.0 Å². The Morgan fingerprint density at radius 2 is 2.16 bits per heavy atom. The van der Waals surface area contributed by atoms with Gasteiger partial charge in [0.2, 0.25) is 0 Å². The highest BCUT2D eigenvalue weighted by Gasteiger charge is 2.15. The molecule has 0 aliphatic rings. The Bertz CT molecular complexity index is 557. The molecule has 0 bridgehead atoms. The lowest BCUT2D eigenvalue weighted by Gasteiger charge is -2.10. The van der Waals surface area contributed by atoms with Crippen molar-refractivity contribution in [2.75, 3.05) is 7.11 Å². The van der Waals surface area contributed by atoms with Crippen LogP contribution in [-0.2, 0) is 16.0 Å². The molecule has 106 valence electrons. The highest BCUT2D eigenvalue weighted by molar-refractivity contribution is 5.85. The summed E-state index contributed by atoms with van der Waals surface area (Å²) in [7, 11) is 1.34. The minimum atomic E-state index is -0.622. The Kier molecular flexibility index (Phi) is 6.83. The Morgan fingerprint density at radius 1 is 1.47 bits per heavy atom. The highest BCUT2D eigenvalue weighted by Crippen LogP contribution is 2.18. The standard InChI is InChI=1S/C12H15N3O2.2ClH/c1-7-3-8(5-10(13)12(16)17-2)4-9-6-14-15-11(7)9;;/h3-4,6,10H,5,13H2,1-2H3,(H,14,15);2*1H/t10-;;/m0../s1. The number of benzene rings is 1. The molecule has 7 heteroatoms. The summed E-state index contributed by atoms with van der Waals surface area (Å²) in [5.74, 6) is -0.394. The monoisotopic (exact) mass is 305 g/mol. The molecule has 0 fully saturated rings. The number of ether oxygens (including phenoxy) is 1. The molecule has 0 radical (unpaired) electrons. The number of nitrogens with one attached hydrogen (secondary N) is 1. The number of rotatable bonds is 3. The zero-order chi connectivity index (χ0) is 12.4. The number of nitrogens with zero attached hydrogens (tertiary/aromatic N) is 1. The molecule has 5 nitrogen and oxygen atoms in total. The van der Waals surface area contributed by atoms with Crippen molar-refractivity contribution in [1.29, 1.82) is 0 Å². The van der Waals surface area contributed by atoms with Gasteiger partial charge in [0.15, 0.2) is 0 Å². The minimum Gasteiger partial charge on any atom is -0.468 e. The van der Waals surface area contributed by atoms with E-state index in [0.717, 1.165) is 22.0 Å². The second-order valence-electron chi connectivity index (χ2n) is 4.08. The number of esters is 1. The zero-order valence-corrected chi connectivity index (χ0v) is 12.3. The highest BCUT2D eigenvalue weighted by atomic mass is 35.5. The lowest BCUT2D eigenvalue weighted by molar-refractivity contribution is -0.142. The molecule has 0 aliphatic heterocycles. The van der Waals surface area contributed by atoms with Gasteiger partial charge < -0.3 is 10.5 Å². The number of methoxy groups -OCH3 is 1. The van der Waals surface area contributed by atoms with Gasteiger partial charge in [-0.1, -0.05) is 6.07 Å². The van der Waals surface area contributed by atoms with Gasteiger partial charge in [-0.05, 0) is 30.5 Å². The molecule has 2 aromatic rings. The molecule has 2 rings (SSSR count). The topological polar surface area (TPSA) is 81.0 Å². The van der Waals surface area contributed by atoms with Crippen LogP contribution in [0.25, 0.3) is 10.9 Å². The van der Waals surface area contributed by atoms with Gasteiger partial charge in [0.1, 0.15) is 6.04 Å². The lowest BCUT2D eigenvalue weighted by atomic mass is 10.0. The van der Waals surface area contributed by atoms with Crippen LogP contribution in [0.1, 0.15) is 11.1 Å². The number of fused-ring (bicyclic) bond motifs is 1. The molecular weight excluding hydrogens is 289 g/mol. The minimum absolute atomic E-state index is 0. The van der Waals surface area contributed by atoms with Gasteiger partial charge in [-0.15, -0.1) is 24.8 Å². The molecule has 0 unspecified atom stereocenters. The number of hydrogen-bond donors (Lipinski definition) is 2. The summed E-state index contributed by atoms with van der Waals surface area (Å²) < 4.78 is 4.60. The summed E-state index contributed by atoms with van der Waals surface area (Å²) in [5, 5.41) is 7.94. The van der Waals surface area contributed by atoms with Crippen LogP contribution in [0.15, 0.2) is 18.3 Å². The van der Waals surface area contributed by atoms with E-state index in [0.29, 0.717) is 6.42 Å². The first kappa shape index (κ1) is 17.7. The summed E-state index contributed by atoms with van der Waals surface area (Å²) in [4.78, 5) is 11.2. The summed E-state index contributed by atoms with van der Waals surface area (Å²) in [6.07, 6.45) is 2.23. The number of aromatic nitrogens is 2.